The molecule has 2 aliphatic rings. The molecule has 0 radical (unpaired) electrons. The van der Waals surface area contributed by atoms with Crippen molar-refractivity contribution in [2.75, 3.05) is 6.61 Å². The van der Waals surface area contributed by atoms with Crippen molar-refractivity contribution in [3.8, 4) is 5.75 Å². The van der Waals surface area contributed by atoms with Gasteiger partial charge < -0.3 is 9.84 Å². The van der Waals surface area contributed by atoms with Gasteiger partial charge in [-0.05, 0) is 49.3 Å². The summed E-state index contributed by atoms with van der Waals surface area (Å²) in [4.78, 5) is 0. The maximum absolute atomic E-state index is 10.4. The second kappa shape index (κ2) is 4.02. The van der Waals surface area contributed by atoms with Crippen LogP contribution >= 0.6 is 0 Å². The predicted molar refractivity (Wildman–Crippen MR) is 67.1 cm³/mol. The van der Waals surface area contributed by atoms with Crippen molar-refractivity contribution in [3.63, 3.8) is 0 Å². The Morgan fingerprint density at radius 1 is 1.35 bits per heavy atom. The fraction of sp³-hybridized carbons (Fsp3) is 0.600. The standard InChI is InChI=1S/C15H20O2/c1-11-4-2-5-12(10-11)17-9-8-15(16)13-6-3-7-14(13)15/h2,4-5,10,13-14,16H,3,6-9H2,1H3. The van der Waals surface area contributed by atoms with Gasteiger partial charge in [-0.25, -0.2) is 0 Å². The lowest BCUT2D eigenvalue weighted by Gasteiger charge is -2.14. The SMILES string of the molecule is Cc1cccc(OCCC2(O)C3CCCC32)c1. The maximum atomic E-state index is 10.4. The van der Waals surface area contributed by atoms with Gasteiger partial charge in [0.05, 0.1) is 12.2 Å². The topological polar surface area (TPSA) is 29.5 Å². The maximum Gasteiger partial charge on any atom is 0.119 e. The first kappa shape index (κ1) is 11.1. The summed E-state index contributed by atoms with van der Waals surface area (Å²) in [6, 6.07) is 8.08. The van der Waals surface area contributed by atoms with E-state index in [0.717, 1.165) is 12.2 Å². The van der Waals surface area contributed by atoms with Gasteiger partial charge in [0, 0.05) is 6.42 Å². The van der Waals surface area contributed by atoms with E-state index >= 15 is 0 Å². The average molecular weight is 232 g/mol. The number of aryl methyl sites for hydroxylation is 1. The van der Waals surface area contributed by atoms with E-state index in [9.17, 15) is 5.11 Å². The highest BCUT2D eigenvalue weighted by Gasteiger charge is 2.64. The Hall–Kier alpha value is -1.02. The predicted octanol–water partition coefficient (Wildman–Crippen LogP) is 2.92. The number of hydrogen-bond donors (Lipinski definition) is 1. The van der Waals surface area contributed by atoms with Crippen LogP contribution in [0.4, 0.5) is 0 Å². The molecule has 0 spiro atoms. The highest BCUT2D eigenvalue weighted by molar-refractivity contribution is 5.27. The van der Waals surface area contributed by atoms with Crippen LogP contribution in [0.2, 0.25) is 0 Å². The van der Waals surface area contributed by atoms with E-state index in [1.165, 1.54) is 24.8 Å². The van der Waals surface area contributed by atoms with Gasteiger partial charge >= 0.3 is 0 Å². The smallest absolute Gasteiger partial charge is 0.119 e. The fourth-order valence-corrected chi connectivity index (χ4v) is 3.46. The zero-order valence-corrected chi connectivity index (χ0v) is 10.4. The van der Waals surface area contributed by atoms with Crippen molar-refractivity contribution in [2.24, 2.45) is 11.8 Å². The van der Waals surface area contributed by atoms with Gasteiger partial charge in [0.25, 0.3) is 0 Å². The minimum atomic E-state index is -0.387. The number of aliphatic hydroxyl groups is 1. The summed E-state index contributed by atoms with van der Waals surface area (Å²) >= 11 is 0. The third kappa shape index (κ3) is 1.95. The van der Waals surface area contributed by atoms with Gasteiger partial charge in [0.2, 0.25) is 0 Å². The Bertz CT molecular complexity index is 403. The lowest BCUT2D eigenvalue weighted by molar-refractivity contribution is 0.0792. The molecule has 0 amide bonds. The lowest BCUT2D eigenvalue weighted by Crippen LogP contribution is -2.19. The molecule has 2 atom stereocenters. The molecule has 1 aromatic carbocycles. The van der Waals surface area contributed by atoms with Crippen molar-refractivity contribution in [2.45, 2.75) is 38.2 Å². The summed E-state index contributed by atoms with van der Waals surface area (Å²) < 4.78 is 5.71. The van der Waals surface area contributed by atoms with Gasteiger partial charge in [-0.15, -0.1) is 0 Å². The highest BCUT2D eigenvalue weighted by atomic mass is 16.5. The van der Waals surface area contributed by atoms with Gasteiger partial charge in [-0.2, -0.15) is 0 Å². The molecule has 0 heterocycles. The third-order valence-corrected chi connectivity index (χ3v) is 4.45. The van der Waals surface area contributed by atoms with Gasteiger partial charge in [0.15, 0.2) is 0 Å². The van der Waals surface area contributed by atoms with Crippen LogP contribution in [0.15, 0.2) is 24.3 Å². The molecular weight excluding hydrogens is 212 g/mol. The molecule has 2 unspecified atom stereocenters. The first-order valence-electron chi connectivity index (χ1n) is 6.62. The minimum Gasteiger partial charge on any atom is -0.493 e. The van der Waals surface area contributed by atoms with Crippen molar-refractivity contribution in [1.29, 1.82) is 0 Å². The zero-order chi connectivity index (χ0) is 11.9. The van der Waals surface area contributed by atoms with Crippen LogP contribution in [0.3, 0.4) is 0 Å². The van der Waals surface area contributed by atoms with E-state index in [1.54, 1.807) is 0 Å². The highest BCUT2D eigenvalue weighted by Crippen LogP contribution is 2.62. The van der Waals surface area contributed by atoms with E-state index in [1.807, 2.05) is 18.2 Å². The number of hydrogen-bond acceptors (Lipinski definition) is 2. The molecule has 0 saturated heterocycles. The molecule has 0 aliphatic heterocycles. The molecule has 2 aliphatic carbocycles. The largest absolute Gasteiger partial charge is 0.493 e. The molecule has 3 rings (SSSR count). The van der Waals surface area contributed by atoms with E-state index in [-0.39, 0.29) is 5.60 Å². The van der Waals surface area contributed by atoms with Crippen molar-refractivity contribution < 1.29 is 9.84 Å². The molecule has 92 valence electrons. The van der Waals surface area contributed by atoms with E-state index in [2.05, 4.69) is 13.0 Å². The molecule has 17 heavy (non-hydrogen) atoms. The summed E-state index contributed by atoms with van der Waals surface area (Å²) in [6.45, 7) is 2.69. The average Bonchev–Trinajstić information content (AvgIpc) is 2.69. The van der Waals surface area contributed by atoms with Crippen molar-refractivity contribution in [3.05, 3.63) is 29.8 Å². The Labute approximate surface area is 103 Å². The van der Waals surface area contributed by atoms with Crippen LogP contribution in [0.5, 0.6) is 5.75 Å². The summed E-state index contributed by atoms with van der Waals surface area (Å²) in [5, 5.41) is 10.4. The molecule has 2 heteroatoms. The van der Waals surface area contributed by atoms with E-state index < -0.39 is 0 Å². The number of benzene rings is 1. The quantitative estimate of drug-likeness (QED) is 0.865. The Kier molecular flexibility index (Phi) is 2.62. The van der Waals surface area contributed by atoms with Crippen LogP contribution in [0.25, 0.3) is 0 Å². The second-order valence-corrected chi connectivity index (χ2v) is 5.55. The second-order valence-electron chi connectivity index (χ2n) is 5.55. The molecule has 0 aromatic heterocycles. The van der Waals surface area contributed by atoms with Crippen LogP contribution in [-0.2, 0) is 0 Å². The van der Waals surface area contributed by atoms with Gasteiger partial charge in [-0.1, -0.05) is 18.6 Å². The molecule has 1 aromatic rings. The van der Waals surface area contributed by atoms with Crippen LogP contribution in [0.1, 0.15) is 31.2 Å². The molecule has 1 N–H and O–H groups in total. The summed E-state index contributed by atoms with van der Waals surface area (Å²) in [5.41, 5.74) is 0.826. The number of fused-ring (bicyclic) bond motifs is 1. The summed E-state index contributed by atoms with van der Waals surface area (Å²) in [5.74, 6) is 2.06. The number of ether oxygens (including phenoxy) is 1. The monoisotopic (exact) mass is 232 g/mol. The normalized spacial score (nSPS) is 34.5. The molecular formula is C15H20O2. The summed E-state index contributed by atoms with van der Waals surface area (Å²) in [7, 11) is 0. The van der Waals surface area contributed by atoms with Crippen molar-refractivity contribution >= 4 is 0 Å². The van der Waals surface area contributed by atoms with Crippen LogP contribution < -0.4 is 4.74 Å². The van der Waals surface area contributed by atoms with Crippen LogP contribution in [0, 0.1) is 18.8 Å². The zero-order valence-electron chi connectivity index (χ0n) is 10.4. The van der Waals surface area contributed by atoms with E-state index in [4.69, 9.17) is 4.74 Å². The molecule has 0 bridgehead atoms. The van der Waals surface area contributed by atoms with Gasteiger partial charge in [-0.3, -0.25) is 0 Å². The molecule has 2 saturated carbocycles. The molecule has 2 fully saturated rings. The first-order valence-corrected chi connectivity index (χ1v) is 6.62. The van der Waals surface area contributed by atoms with E-state index in [0.29, 0.717) is 18.4 Å². The number of rotatable bonds is 4. The Morgan fingerprint density at radius 2 is 2.12 bits per heavy atom. The molecule has 2 nitrogen and oxygen atoms in total. The lowest BCUT2D eigenvalue weighted by atomic mass is 10.1. The summed E-state index contributed by atoms with van der Waals surface area (Å²) in [6.07, 6.45) is 4.52. The Morgan fingerprint density at radius 3 is 2.82 bits per heavy atom. The van der Waals surface area contributed by atoms with Crippen LogP contribution in [-0.4, -0.2) is 17.3 Å². The van der Waals surface area contributed by atoms with Gasteiger partial charge in [0.1, 0.15) is 5.75 Å². The van der Waals surface area contributed by atoms with Crippen molar-refractivity contribution in [1.82, 2.24) is 0 Å². The minimum absolute atomic E-state index is 0.387. The Balaban J connectivity index is 1.50. The third-order valence-electron chi connectivity index (χ3n) is 4.45. The fourth-order valence-electron chi connectivity index (χ4n) is 3.46. The first-order chi connectivity index (χ1) is 8.20.